The van der Waals surface area contributed by atoms with Crippen LogP contribution in [0, 0.1) is 6.92 Å². The van der Waals surface area contributed by atoms with Crippen molar-refractivity contribution >= 4 is 11.8 Å². The lowest BCUT2D eigenvalue weighted by molar-refractivity contribution is 0.0354. The van der Waals surface area contributed by atoms with Crippen LogP contribution in [0.4, 0.5) is 0 Å². The molecule has 9 nitrogen and oxygen atoms in total. The molecule has 0 aliphatic rings. The first-order valence-electron chi connectivity index (χ1n) is 8.88. The molecule has 29 heavy (non-hydrogen) atoms. The maximum atomic E-state index is 13.3. The second-order valence-electron chi connectivity index (χ2n) is 7.19. The number of nitrogens with one attached hydrogen (secondary N) is 1. The highest BCUT2D eigenvalue weighted by Crippen LogP contribution is 2.25. The van der Waals surface area contributed by atoms with E-state index in [9.17, 15) is 9.59 Å². The highest BCUT2D eigenvalue weighted by atomic mass is 16.5. The average Bonchev–Trinajstić information content (AvgIpc) is 2.70. The van der Waals surface area contributed by atoms with Gasteiger partial charge in [-0.3, -0.25) is 15.0 Å². The molecule has 0 atom stereocenters. The Morgan fingerprint density at radius 1 is 1.00 bits per heavy atom. The molecule has 0 spiro atoms. The fourth-order valence-electron chi connectivity index (χ4n) is 2.65. The standard InChI is InChI=1S/C20H26N4O5/c1-12-13(9-8-10-15(12)27-5)17(25)23-24(20(2,3)4)19(26)14-11-16(28-6)21-22-18(14)29-7/h8-11H,1-7H3,(H,23,25). The van der Waals surface area contributed by atoms with E-state index in [1.54, 1.807) is 45.9 Å². The van der Waals surface area contributed by atoms with Gasteiger partial charge >= 0.3 is 0 Å². The van der Waals surface area contributed by atoms with Crippen LogP contribution in [0.2, 0.25) is 0 Å². The zero-order valence-corrected chi connectivity index (χ0v) is 17.7. The summed E-state index contributed by atoms with van der Waals surface area (Å²) in [6.07, 6.45) is 0. The van der Waals surface area contributed by atoms with Crippen LogP contribution in [-0.4, -0.2) is 53.9 Å². The summed E-state index contributed by atoms with van der Waals surface area (Å²) in [5, 5.41) is 8.89. The molecule has 0 saturated heterocycles. The summed E-state index contributed by atoms with van der Waals surface area (Å²) >= 11 is 0. The third-order valence-corrected chi connectivity index (χ3v) is 4.21. The van der Waals surface area contributed by atoms with Gasteiger partial charge in [0, 0.05) is 17.2 Å². The van der Waals surface area contributed by atoms with Gasteiger partial charge in [-0.2, -0.15) is 0 Å². The fourth-order valence-corrected chi connectivity index (χ4v) is 2.65. The van der Waals surface area contributed by atoms with E-state index < -0.39 is 17.4 Å². The first-order chi connectivity index (χ1) is 13.6. The average molecular weight is 402 g/mol. The molecule has 0 aliphatic heterocycles. The van der Waals surface area contributed by atoms with Crippen molar-refractivity contribution in [3.8, 4) is 17.5 Å². The smallest absolute Gasteiger partial charge is 0.278 e. The van der Waals surface area contributed by atoms with E-state index in [0.717, 1.165) is 0 Å². The number of rotatable bonds is 5. The maximum Gasteiger partial charge on any atom is 0.278 e. The normalized spacial score (nSPS) is 10.9. The van der Waals surface area contributed by atoms with Crippen molar-refractivity contribution in [1.82, 2.24) is 20.6 Å². The molecule has 0 aliphatic carbocycles. The molecule has 0 fully saturated rings. The van der Waals surface area contributed by atoms with Crippen molar-refractivity contribution in [2.75, 3.05) is 21.3 Å². The summed E-state index contributed by atoms with van der Waals surface area (Å²) in [6, 6.07) is 6.55. The van der Waals surface area contributed by atoms with E-state index in [-0.39, 0.29) is 17.3 Å². The van der Waals surface area contributed by atoms with Crippen LogP contribution in [0.15, 0.2) is 24.3 Å². The Bertz CT molecular complexity index is 908. The van der Waals surface area contributed by atoms with Crippen LogP contribution in [0.25, 0.3) is 0 Å². The number of ether oxygens (including phenoxy) is 3. The molecule has 0 saturated carbocycles. The van der Waals surface area contributed by atoms with Crippen molar-refractivity contribution in [3.63, 3.8) is 0 Å². The first-order valence-corrected chi connectivity index (χ1v) is 8.88. The molecule has 0 bridgehead atoms. The van der Waals surface area contributed by atoms with E-state index in [1.807, 2.05) is 0 Å². The van der Waals surface area contributed by atoms with E-state index in [4.69, 9.17) is 14.2 Å². The highest BCUT2D eigenvalue weighted by molar-refractivity contribution is 6.01. The molecular weight excluding hydrogens is 376 g/mol. The van der Waals surface area contributed by atoms with Crippen molar-refractivity contribution in [2.24, 2.45) is 0 Å². The summed E-state index contributed by atoms with van der Waals surface area (Å²) in [6.45, 7) is 7.16. The van der Waals surface area contributed by atoms with Crippen molar-refractivity contribution < 1.29 is 23.8 Å². The topological polar surface area (TPSA) is 103 Å². The number of hydrazine groups is 1. The molecule has 1 aromatic heterocycles. The second-order valence-corrected chi connectivity index (χ2v) is 7.19. The van der Waals surface area contributed by atoms with Crippen LogP contribution in [-0.2, 0) is 0 Å². The Hall–Kier alpha value is -3.36. The van der Waals surface area contributed by atoms with Gasteiger partial charge < -0.3 is 14.2 Å². The van der Waals surface area contributed by atoms with E-state index >= 15 is 0 Å². The molecule has 0 radical (unpaired) electrons. The Morgan fingerprint density at radius 3 is 2.24 bits per heavy atom. The molecule has 1 N–H and O–H groups in total. The molecule has 1 heterocycles. The quantitative estimate of drug-likeness (QED) is 0.766. The Kier molecular flexibility index (Phi) is 6.63. The molecule has 2 aromatic rings. The lowest BCUT2D eigenvalue weighted by atomic mass is 10.1. The maximum absolute atomic E-state index is 13.3. The van der Waals surface area contributed by atoms with Crippen LogP contribution in [0.3, 0.4) is 0 Å². The van der Waals surface area contributed by atoms with Gasteiger partial charge in [0.05, 0.1) is 26.9 Å². The van der Waals surface area contributed by atoms with Gasteiger partial charge in [-0.05, 0) is 39.8 Å². The van der Waals surface area contributed by atoms with Gasteiger partial charge in [-0.1, -0.05) is 6.07 Å². The molecule has 9 heteroatoms. The minimum atomic E-state index is -0.749. The summed E-state index contributed by atoms with van der Waals surface area (Å²) in [4.78, 5) is 26.3. The van der Waals surface area contributed by atoms with Crippen molar-refractivity contribution in [3.05, 3.63) is 41.0 Å². The summed E-state index contributed by atoms with van der Waals surface area (Å²) in [5.74, 6) is -0.208. The molecule has 2 amide bonds. The molecule has 1 aromatic carbocycles. The minimum absolute atomic E-state index is 0.0249. The van der Waals surface area contributed by atoms with Gasteiger partial charge in [0.1, 0.15) is 11.3 Å². The molecule has 156 valence electrons. The number of hydrogen-bond donors (Lipinski definition) is 1. The second kappa shape index (κ2) is 8.76. The molecule has 2 rings (SSSR count). The van der Waals surface area contributed by atoms with Crippen LogP contribution in [0.5, 0.6) is 17.5 Å². The minimum Gasteiger partial charge on any atom is -0.496 e. The van der Waals surface area contributed by atoms with Gasteiger partial charge in [0.15, 0.2) is 0 Å². The summed E-state index contributed by atoms with van der Waals surface area (Å²) in [5.41, 5.74) is 3.11. The zero-order chi connectivity index (χ0) is 21.8. The third kappa shape index (κ3) is 4.74. The summed E-state index contributed by atoms with van der Waals surface area (Å²) in [7, 11) is 4.33. The van der Waals surface area contributed by atoms with Crippen LogP contribution >= 0.6 is 0 Å². The fraction of sp³-hybridized carbons (Fsp3) is 0.400. The Labute approximate surface area is 169 Å². The van der Waals surface area contributed by atoms with Crippen LogP contribution in [0.1, 0.15) is 47.1 Å². The number of nitrogens with zero attached hydrogens (tertiary/aromatic N) is 3. The van der Waals surface area contributed by atoms with Crippen molar-refractivity contribution in [1.29, 1.82) is 0 Å². The highest BCUT2D eigenvalue weighted by Gasteiger charge is 2.32. The monoisotopic (exact) mass is 402 g/mol. The number of carbonyl (C=O) groups excluding carboxylic acids is 2. The first kappa shape index (κ1) is 21.9. The largest absolute Gasteiger partial charge is 0.496 e. The number of benzene rings is 1. The van der Waals surface area contributed by atoms with Gasteiger partial charge in [-0.25, -0.2) is 5.01 Å². The number of amides is 2. The Morgan fingerprint density at radius 2 is 1.69 bits per heavy atom. The molecule has 0 unspecified atom stereocenters. The van der Waals surface area contributed by atoms with E-state index in [1.165, 1.54) is 32.4 Å². The zero-order valence-electron chi connectivity index (χ0n) is 17.7. The van der Waals surface area contributed by atoms with Gasteiger partial charge in [0.2, 0.25) is 11.8 Å². The van der Waals surface area contributed by atoms with Crippen molar-refractivity contribution in [2.45, 2.75) is 33.2 Å². The molecular formula is C20H26N4O5. The number of methoxy groups -OCH3 is 3. The SMILES string of the molecule is COc1cc(C(=O)N(NC(=O)c2cccc(OC)c2C)C(C)(C)C)c(OC)nn1. The van der Waals surface area contributed by atoms with Gasteiger partial charge in [-0.15, -0.1) is 10.2 Å². The number of carbonyl (C=O) groups is 2. The lowest BCUT2D eigenvalue weighted by Gasteiger charge is -2.35. The predicted molar refractivity (Wildman–Crippen MR) is 106 cm³/mol. The van der Waals surface area contributed by atoms with Gasteiger partial charge in [0.25, 0.3) is 11.8 Å². The Balaban J connectivity index is 2.44. The lowest BCUT2D eigenvalue weighted by Crippen LogP contribution is -2.56. The summed E-state index contributed by atoms with van der Waals surface area (Å²) < 4.78 is 15.5. The number of hydrogen-bond acceptors (Lipinski definition) is 7. The third-order valence-electron chi connectivity index (χ3n) is 4.21. The van der Waals surface area contributed by atoms with Crippen LogP contribution < -0.4 is 19.6 Å². The number of aromatic nitrogens is 2. The van der Waals surface area contributed by atoms with E-state index in [2.05, 4.69) is 15.6 Å². The predicted octanol–water partition coefficient (Wildman–Crippen LogP) is 2.40. The van der Waals surface area contributed by atoms with E-state index in [0.29, 0.717) is 16.9 Å².